The number of nitrogens with two attached hydrogens (primary N) is 1. The van der Waals surface area contributed by atoms with Crippen LogP contribution in [0, 0.1) is 27.7 Å². The molecule has 0 radical (unpaired) electrons. The van der Waals surface area contributed by atoms with Gasteiger partial charge in [0.05, 0.1) is 0 Å². The molecule has 0 aliphatic rings. The first-order chi connectivity index (χ1) is 8.02. The lowest BCUT2D eigenvalue weighted by atomic mass is 10.1. The fraction of sp³-hybridized carbons (Fsp3) is 0.417. The Kier molecular flexibility index (Phi) is 2.93. The maximum absolute atomic E-state index is 5.79. The van der Waals surface area contributed by atoms with Crippen LogP contribution in [0.3, 0.4) is 0 Å². The predicted octanol–water partition coefficient (Wildman–Crippen LogP) is 1.35. The second-order valence-corrected chi connectivity index (χ2v) is 4.20. The lowest BCUT2D eigenvalue weighted by Crippen LogP contribution is -2.12. The highest BCUT2D eigenvalue weighted by molar-refractivity contribution is 5.41. The molecule has 2 aromatic rings. The average molecular weight is 231 g/mol. The van der Waals surface area contributed by atoms with Gasteiger partial charge in [-0.3, -0.25) is 0 Å². The van der Waals surface area contributed by atoms with Crippen LogP contribution in [-0.2, 0) is 6.54 Å². The molecule has 0 saturated heterocycles. The summed E-state index contributed by atoms with van der Waals surface area (Å²) in [6.45, 7) is 8.25. The van der Waals surface area contributed by atoms with Crippen molar-refractivity contribution in [2.24, 2.45) is 5.73 Å². The van der Waals surface area contributed by atoms with E-state index in [4.69, 9.17) is 5.73 Å². The summed E-state index contributed by atoms with van der Waals surface area (Å²) in [6.07, 6.45) is 0. The molecule has 0 aromatic carbocycles. The second-order valence-electron chi connectivity index (χ2n) is 4.20. The van der Waals surface area contributed by atoms with Crippen molar-refractivity contribution in [2.45, 2.75) is 34.2 Å². The molecule has 2 aromatic heterocycles. The van der Waals surface area contributed by atoms with Gasteiger partial charge < -0.3 is 5.73 Å². The number of hydrogen-bond donors (Lipinski definition) is 1. The van der Waals surface area contributed by atoms with Crippen molar-refractivity contribution >= 4 is 0 Å². The normalized spacial score (nSPS) is 10.9. The Morgan fingerprint density at radius 2 is 1.88 bits per heavy atom. The van der Waals surface area contributed by atoms with E-state index in [9.17, 15) is 0 Å². The third-order valence-corrected chi connectivity index (χ3v) is 2.73. The summed E-state index contributed by atoms with van der Waals surface area (Å²) in [7, 11) is 0. The molecule has 2 rings (SSSR count). The SMILES string of the molecule is Cc1cc(C)c(CN)c(-n2nc(C)nc2C)n1. The lowest BCUT2D eigenvalue weighted by Gasteiger charge is -2.11. The van der Waals surface area contributed by atoms with Gasteiger partial charge in [-0.05, 0) is 39.3 Å². The molecule has 5 heteroatoms. The second kappa shape index (κ2) is 4.25. The quantitative estimate of drug-likeness (QED) is 0.847. The highest BCUT2D eigenvalue weighted by Crippen LogP contribution is 2.17. The van der Waals surface area contributed by atoms with Gasteiger partial charge in [-0.2, -0.15) is 4.68 Å². The molecule has 2 heterocycles. The fourth-order valence-electron chi connectivity index (χ4n) is 1.99. The molecule has 17 heavy (non-hydrogen) atoms. The molecule has 0 saturated carbocycles. The van der Waals surface area contributed by atoms with Gasteiger partial charge in [-0.25, -0.2) is 9.97 Å². The molecule has 0 fully saturated rings. The van der Waals surface area contributed by atoms with Crippen LogP contribution in [0.2, 0.25) is 0 Å². The van der Waals surface area contributed by atoms with E-state index in [1.54, 1.807) is 4.68 Å². The number of pyridine rings is 1. The van der Waals surface area contributed by atoms with Crippen molar-refractivity contribution in [1.82, 2.24) is 19.7 Å². The zero-order valence-electron chi connectivity index (χ0n) is 10.7. The van der Waals surface area contributed by atoms with Gasteiger partial charge in [0.25, 0.3) is 0 Å². The standard InChI is InChI=1S/C12H17N5/c1-7-5-8(2)14-12(11(7)6-13)17-10(4)15-9(3)16-17/h5H,6,13H2,1-4H3. The first kappa shape index (κ1) is 11.7. The Labute approximate surface area is 101 Å². The van der Waals surface area contributed by atoms with Crippen molar-refractivity contribution in [1.29, 1.82) is 0 Å². The molecule has 0 amide bonds. The maximum atomic E-state index is 5.79. The average Bonchev–Trinajstić information content (AvgIpc) is 2.56. The molecule has 0 aliphatic heterocycles. The van der Waals surface area contributed by atoms with Gasteiger partial charge in [0.1, 0.15) is 11.6 Å². The van der Waals surface area contributed by atoms with Gasteiger partial charge in [0, 0.05) is 17.8 Å². The first-order valence-electron chi connectivity index (χ1n) is 5.60. The third kappa shape index (κ3) is 2.06. The van der Waals surface area contributed by atoms with Crippen LogP contribution in [0.5, 0.6) is 0 Å². The topological polar surface area (TPSA) is 69.6 Å². The van der Waals surface area contributed by atoms with Crippen molar-refractivity contribution in [3.63, 3.8) is 0 Å². The maximum Gasteiger partial charge on any atom is 0.160 e. The molecule has 90 valence electrons. The summed E-state index contributed by atoms with van der Waals surface area (Å²) in [6, 6.07) is 2.03. The molecule has 0 spiro atoms. The minimum absolute atomic E-state index is 0.451. The molecular weight excluding hydrogens is 214 g/mol. The summed E-state index contributed by atoms with van der Waals surface area (Å²) < 4.78 is 1.76. The van der Waals surface area contributed by atoms with Crippen LogP contribution >= 0.6 is 0 Å². The van der Waals surface area contributed by atoms with E-state index in [1.165, 1.54) is 0 Å². The Hall–Kier alpha value is -1.75. The van der Waals surface area contributed by atoms with Crippen LogP contribution in [0.4, 0.5) is 0 Å². The lowest BCUT2D eigenvalue weighted by molar-refractivity contribution is 0.778. The zero-order valence-corrected chi connectivity index (χ0v) is 10.7. The van der Waals surface area contributed by atoms with Gasteiger partial charge in [0.2, 0.25) is 0 Å². The van der Waals surface area contributed by atoms with Gasteiger partial charge in [-0.1, -0.05) is 0 Å². The minimum Gasteiger partial charge on any atom is -0.326 e. The molecule has 2 N–H and O–H groups in total. The molecule has 0 bridgehead atoms. The number of hydrogen-bond acceptors (Lipinski definition) is 4. The van der Waals surface area contributed by atoms with Crippen molar-refractivity contribution in [3.8, 4) is 5.82 Å². The highest BCUT2D eigenvalue weighted by atomic mass is 15.4. The smallest absolute Gasteiger partial charge is 0.160 e. The minimum atomic E-state index is 0.451. The molecule has 0 aliphatic carbocycles. The fourth-order valence-corrected chi connectivity index (χ4v) is 1.99. The number of aromatic nitrogens is 4. The molecule has 5 nitrogen and oxygen atoms in total. The van der Waals surface area contributed by atoms with E-state index in [0.717, 1.165) is 34.3 Å². The van der Waals surface area contributed by atoms with Crippen molar-refractivity contribution in [2.75, 3.05) is 0 Å². The number of rotatable bonds is 2. The number of aryl methyl sites for hydroxylation is 4. The number of nitrogens with zero attached hydrogens (tertiary/aromatic N) is 4. The highest BCUT2D eigenvalue weighted by Gasteiger charge is 2.13. The van der Waals surface area contributed by atoms with Gasteiger partial charge in [-0.15, -0.1) is 5.10 Å². The van der Waals surface area contributed by atoms with E-state index in [0.29, 0.717) is 6.54 Å². The Morgan fingerprint density at radius 1 is 1.18 bits per heavy atom. The van der Waals surface area contributed by atoms with Gasteiger partial charge in [0.15, 0.2) is 5.82 Å². The zero-order chi connectivity index (χ0) is 12.6. The third-order valence-electron chi connectivity index (χ3n) is 2.73. The largest absolute Gasteiger partial charge is 0.326 e. The predicted molar refractivity (Wildman–Crippen MR) is 66.0 cm³/mol. The van der Waals surface area contributed by atoms with E-state index in [1.807, 2.05) is 33.8 Å². The molecule has 0 unspecified atom stereocenters. The summed E-state index contributed by atoms with van der Waals surface area (Å²) in [5.41, 5.74) is 8.91. The van der Waals surface area contributed by atoms with Crippen LogP contribution < -0.4 is 5.73 Å². The van der Waals surface area contributed by atoms with E-state index >= 15 is 0 Å². The monoisotopic (exact) mass is 231 g/mol. The van der Waals surface area contributed by atoms with E-state index in [-0.39, 0.29) is 0 Å². The summed E-state index contributed by atoms with van der Waals surface area (Å²) in [4.78, 5) is 8.82. The summed E-state index contributed by atoms with van der Waals surface area (Å²) in [5.74, 6) is 2.37. The van der Waals surface area contributed by atoms with Crippen LogP contribution in [0.15, 0.2) is 6.07 Å². The summed E-state index contributed by atoms with van der Waals surface area (Å²) >= 11 is 0. The van der Waals surface area contributed by atoms with Crippen LogP contribution in [-0.4, -0.2) is 19.7 Å². The van der Waals surface area contributed by atoms with Crippen molar-refractivity contribution in [3.05, 3.63) is 34.5 Å². The Bertz CT molecular complexity index is 556. The molecule has 0 atom stereocenters. The van der Waals surface area contributed by atoms with Crippen molar-refractivity contribution < 1.29 is 0 Å². The van der Waals surface area contributed by atoms with E-state index in [2.05, 4.69) is 15.1 Å². The van der Waals surface area contributed by atoms with Crippen LogP contribution in [0.1, 0.15) is 28.5 Å². The first-order valence-corrected chi connectivity index (χ1v) is 5.60. The Balaban J connectivity index is 2.69. The summed E-state index contributed by atoms with van der Waals surface area (Å²) in [5, 5.41) is 4.36. The molecular formula is C12H17N5. The van der Waals surface area contributed by atoms with E-state index < -0.39 is 0 Å². The van der Waals surface area contributed by atoms with Gasteiger partial charge >= 0.3 is 0 Å². The van der Waals surface area contributed by atoms with Crippen LogP contribution in [0.25, 0.3) is 5.82 Å². The Morgan fingerprint density at radius 3 is 2.41 bits per heavy atom.